The molecule has 1 saturated heterocycles. The topological polar surface area (TPSA) is 41.6 Å². The maximum absolute atomic E-state index is 11.7. The molecule has 1 unspecified atom stereocenters. The van der Waals surface area contributed by atoms with E-state index in [4.69, 9.17) is 4.74 Å². The summed E-state index contributed by atoms with van der Waals surface area (Å²) >= 11 is 0. The lowest BCUT2D eigenvalue weighted by atomic mass is 10.0. The molecule has 0 amide bonds. The van der Waals surface area contributed by atoms with Gasteiger partial charge in [0.1, 0.15) is 5.54 Å². The van der Waals surface area contributed by atoms with Crippen molar-refractivity contribution in [3.8, 4) is 0 Å². The molecule has 0 radical (unpaired) electrons. The van der Waals surface area contributed by atoms with Gasteiger partial charge in [0.2, 0.25) is 0 Å². The Morgan fingerprint density at radius 3 is 2.56 bits per heavy atom. The first-order valence-electron chi connectivity index (χ1n) is 6.97. The van der Waals surface area contributed by atoms with Crippen LogP contribution in [0.25, 0.3) is 0 Å². The highest BCUT2D eigenvalue weighted by Crippen LogP contribution is 2.16. The van der Waals surface area contributed by atoms with Gasteiger partial charge in [0.15, 0.2) is 0 Å². The van der Waals surface area contributed by atoms with Crippen LogP contribution in [0, 0.1) is 0 Å². The van der Waals surface area contributed by atoms with Crippen molar-refractivity contribution in [1.29, 1.82) is 0 Å². The number of ether oxygens (including phenoxy) is 1. The third-order valence-electron chi connectivity index (χ3n) is 3.75. The minimum absolute atomic E-state index is 0.188. The van der Waals surface area contributed by atoms with Crippen LogP contribution in [0.3, 0.4) is 0 Å². The second kappa shape index (κ2) is 6.53. The van der Waals surface area contributed by atoms with Crippen molar-refractivity contribution < 1.29 is 9.53 Å². The Morgan fingerprint density at radius 2 is 2.00 bits per heavy atom. The van der Waals surface area contributed by atoms with E-state index in [9.17, 15) is 4.79 Å². The van der Waals surface area contributed by atoms with Crippen LogP contribution >= 0.6 is 0 Å². The molecule has 18 heavy (non-hydrogen) atoms. The molecule has 1 heterocycles. The highest BCUT2D eigenvalue weighted by atomic mass is 16.5. The molecule has 0 aromatic carbocycles. The predicted molar refractivity (Wildman–Crippen MR) is 73.6 cm³/mol. The number of nitrogens with zero attached hydrogens (tertiary/aromatic N) is 1. The van der Waals surface area contributed by atoms with Crippen molar-refractivity contribution in [2.45, 2.75) is 64.6 Å². The minimum Gasteiger partial charge on any atom is -0.468 e. The number of nitrogens with one attached hydrogen (secondary N) is 1. The zero-order chi connectivity index (χ0) is 13.8. The molecule has 1 N–H and O–H groups in total. The maximum Gasteiger partial charge on any atom is 0.325 e. The summed E-state index contributed by atoms with van der Waals surface area (Å²) in [5.74, 6) is -0.188. The highest BCUT2D eigenvalue weighted by molar-refractivity contribution is 5.79. The second-order valence-electron chi connectivity index (χ2n) is 6.02. The molecule has 1 atom stereocenters. The Morgan fingerprint density at radius 1 is 1.33 bits per heavy atom. The number of hydrogen-bond donors (Lipinski definition) is 1. The van der Waals surface area contributed by atoms with Gasteiger partial charge in [-0.25, -0.2) is 0 Å². The van der Waals surface area contributed by atoms with Crippen LogP contribution in [0.4, 0.5) is 0 Å². The standard InChI is InChI=1S/C14H28N2O2/c1-11(2)16-9-6-7-12(8-10-16)15-14(3,4)13(17)18-5/h11-12,15H,6-10H2,1-5H3. The third-order valence-corrected chi connectivity index (χ3v) is 3.75. The molecule has 1 rings (SSSR count). The van der Waals surface area contributed by atoms with Crippen LogP contribution in [-0.4, -0.2) is 48.7 Å². The van der Waals surface area contributed by atoms with Gasteiger partial charge >= 0.3 is 5.97 Å². The quantitative estimate of drug-likeness (QED) is 0.779. The lowest BCUT2D eigenvalue weighted by Gasteiger charge is -2.29. The zero-order valence-corrected chi connectivity index (χ0v) is 12.5. The molecule has 0 saturated carbocycles. The number of rotatable bonds is 4. The summed E-state index contributed by atoms with van der Waals surface area (Å²) in [5, 5.41) is 3.44. The van der Waals surface area contributed by atoms with Gasteiger partial charge in [-0.05, 0) is 60.0 Å². The fourth-order valence-corrected chi connectivity index (χ4v) is 2.60. The van der Waals surface area contributed by atoms with Gasteiger partial charge in [-0.2, -0.15) is 0 Å². The van der Waals surface area contributed by atoms with E-state index >= 15 is 0 Å². The van der Waals surface area contributed by atoms with E-state index in [0.717, 1.165) is 25.9 Å². The first-order valence-corrected chi connectivity index (χ1v) is 6.97. The van der Waals surface area contributed by atoms with Crippen LogP contribution in [0.5, 0.6) is 0 Å². The summed E-state index contributed by atoms with van der Waals surface area (Å²) in [5.41, 5.74) is -0.591. The van der Waals surface area contributed by atoms with Gasteiger partial charge in [-0.1, -0.05) is 0 Å². The van der Waals surface area contributed by atoms with Gasteiger partial charge in [0.25, 0.3) is 0 Å². The van der Waals surface area contributed by atoms with Gasteiger partial charge < -0.3 is 9.64 Å². The Balaban J connectivity index is 2.51. The van der Waals surface area contributed by atoms with Crippen LogP contribution in [-0.2, 0) is 9.53 Å². The molecule has 0 aromatic heterocycles. The summed E-state index contributed by atoms with van der Waals surface area (Å²) in [4.78, 5) is 14.2. The summed E-state index contributed by atoms with van der Waals surface area (Å²) in [7, 11) is 1.44. The number of methoxy groups -OCH3 is 1. The Hall–Kier alpha value is -0.610. The molecule has 1 aliphatic rings. The number of esters is 1. The van der Waals surface area contributed by atoms with Crippen molar-refractivity contribution in [2.75, 3.05) is 20.2 Å². The summed E-state index contributed by atoms with van der Waals surface area (Å²) in [6.07, 6.45) is 3.41. The van der Waals surface area contributed by atoms with Crippen molar-refractivity contribution >= 4 is 5.97 Å². The van der Waals surface area contributed by atoms with E-state index in [0.29, 0.717) is 12.1 Å². The monoisotopic (exact) mass is 256 g/mol. The minimum atomic E-state index is -0.591. The van der Waals surface area contributed by atoms with Gasteiger partial charge in [0.05, 0.1) is 7.11 Å². The molecule has 0 aromatic rings. The van der Waals surface area contributed by atoms with Gasteiger partial charge in [-0.15, -0.1) is 0 Å². The van der Waals surface area contributed by atoms with E-state index in [1.807, 2.05) is 13.8 Å². The molecular formula is C14H28N2O2. The Bertz CT molecular complexity index is 277. The molecule has 0 spiro atoms. The molecule has 4 heteroatoms. The summed E-state index contributed by atoms with van der Waals surface area (Å²) < 4.78 is 4.84. The highest BCUT2D eigenvalue weighted by Gasteiger charge is 2.31. The van der Waals surface area contributed by atoms with E-state index in [2.05, 4.69) is 24.1 Å². The van der Waals surface area contributed by atoms with Crippen molar-refractivity contribution in [3.63, 3.8) is 0 Å². The number of likely N-dealkylation sites (tertiary alicyclic amines) is 1. The van der Waals surface area contributed by atoms with E-state index in [-0.39, 0.29) is 5.97 Å². The van der Waals surface area contributed by atoms with Crippen molar-refractivity contribution in [3.05, 3.63) is 0 Å². The average molecular weight is 256 g/mol. The van der Waals surface area contributed by atoms with E-state index in [1.54, 1.807) is 0 Å². The van der Waals surface area contributed by atoms with Crippen molar-refractivity contribution in [1.82, 2.24) is 10.2 Å². The lowest BCUT2D eigenvalue weighted by Crippen LogP contribution is -2.52. The summed E-state index contributed by atoms with van der Waals surface area (Å²) in [6, 6.07) is 1.01. The number of carbonyl (C=O) groups is 1. The number of carbonyl (C=O) groups excluding carboxylic acids is 1. The summed E-state index contributed by atoms with van der Waals surface area (Å²) in [6.45, 7) is 10.5. The molecule has 0 bridgehead atoms. The average Bonchev–Trinajstić information content (AvgIpc) is 2.53. The maximum atomic E-state index is 11.7. The molecule has 1 fully saturated rings. The zero-order valence-electron chi connectivity index (χ0n) is 12.5. The van der Waals surface area contributed by atoms with Crippen LogP contribution in [0.15, 0.2) is 0 Å². The van der Waals surface area contributed by atoms with Gasteiger partial charge in [0, 0.05) is 12.1 Å². The van der Waals surface area contributed by atoms with Crippen LogP contribution < -0.4 is 5.32 Å². The molecule has 106 valence electrons. The molecule has 1 aliphatic heterocycles. The van der Waals surface area contributed by atoms with Crippen LogP contribution in [0.1, 0.15) is 47.0 Å². The first kappa shape index (κ1) is 15.4. The SMILES string of the molecule is COC(=O)C(C)(C)NC1CCCN(C(C)C)CC1. The van der Waals surface area contributed by atoms with Crippen molar-refractivity contribution in [2.24, 2.45) is 0 Å². The molecule has 4 nitrogen and oxygen atoms in total. The lowest BCUT2D eigenvalue weighted by molar-refractivity contribution is -0.147. The fourth-order valence-electron chi connectivity index (χ4n) is 2.60. The molecule has 0 aliphatic carbocycles. The van der Waals surface area contributed by atoms with Gasteiger partial charge in [-0.3, -0.25) is 10.1 Å². The molecular weight excluding hydrogens is 228 g/mol. The Labute approximate surface area is 111 Å². The normalized spacial score (nSPS) is 22.9. The predicted octanol–water partition coefficient (Wildman–Crippen LogP) is 1.79. The fraction of sp³-hybridized carbons (Fsp3) is 0.929. The largest absolute Gasteiger partial charge is 0.468 e. The third kappa shape index (κ3) is 4.25. The number of hydrogen-bond acceptors (Lipinski definition) is 4. The smallest absolute Gasteiger partial charge is 0.325 e. The van der Waals surface area contributed by atoms with Crippen LogP contribution in [0.2, 0.25) is 0 Å². The van der Waals surface area contributed by atoms with E-state index in [1.165, 1.54) is 13.5 Å². The first-order chi connectivity index (χ1) is 8.36. The van der Waals surface area contributed by atoms with E-state index < -0.39 is 5.54 Å². The Kier molecular flexibility index (Phi) is 5.60. The second-order valence-corrected chi connectivity index (χ2v) is 6.02.